The van der Waals surface area contributed by atoms with Crippen LogP contribution in [0.4, 0.5) is 0 Å². The minimum atomic E-state index is -0.569. The third-order valence-corrected chi connectivity index (χ3v) is 4.45. The standard InChI is InChI=1S/C21H22O5/c1-3-25-19-10-9-17(12-20(19)24-2)21(23)26-13-18(22)16-8-7-14-5-4-6-15(14)11-16/h7-12H,3-6,13H2,1-2H3. The van der Waals surface area contributed by atoms with Crippen LogP contribution < -0.4 is 9.47 Å². The van der Waals surface area contributed by atoms with E-state index in [1.807, 2.05) is 19.1 Å². The van der Waals surface area contributed by atoms with Crippen molar-refractivity contribution in [3.05, 3.63) is 58.7 Å². The lowest BCUT2D eigenvalue weighted by atomic mass is 10.0. The highest BCUT2D eigenvalue weighted by atomic mass is 16.5. The van der Waals surface area contributed by atoms with Crippen molar-refractivity contribution in [1.29, 1.82) is 0 Å². The number of carbonyl (C=O) groups excluding carboxylic acids is 2. The van der Waals surface area contributed by atoms with Crippen molar-refractivity contribution in [3.8, 4) is 11.5 Å². The van der Waals surface area contributed by atoms with Gasteiger partial charge in [-0.25, -0.2) is 4.79 Å². The van der Waals surface area contributed by atoms with Gasteiger partial charge in [0.05, 0.1) is 19.3 Å². The van der Waals surface area contributed by atoms with Crippen molar-refractivity contribution >= 4 is 11.8 Å². The van der Waals surface area contributed by atoms with Crippen LogP contribution in [0.25, 0.3) is 0 Å². The second kappa shape index (κ2) is 8.04. The smallest absolute Gasteiger partial charge is 0.338 e. The van der Waals surface area contributed by atoms with Gasteiger partial charge in [-0.05, 0) is 61.6 Å². The first-order valence-corrected chi connectivity index (χ1v) is 8.75. The van der Waals surface area contributed by atoms with Gasteiger partial charge in [-0.3, -0.25) is 4.79 Å². The predicted molar refractivity (Wildman–Crippen MR) is 97.2 cm³/mol. The Morgan fingerprint density at radius 2 is 1.73 bits per heavy atom. The van der Waals surface area contributed by atoms with E-state index in [0.29, 0.717) is 29.2 Å². The van der Waals surface area contributed by atoms with E-state index in [2.05, 4.69) is 0 Å². The van der Waals surface area contributed by atoms with Crippen LogP contribution in [0.3, 0.4) is 0 Å². The number of ketones is 1. The van der Waals surface area contributed by atoms with Crippen LogP contribution in [-0.4, -0.2) is 32.1 Å². The Labute approximate surface area is 152 Å². The van der Waals surface area contributed by atoms with Crippen molar-refractivity contribution in [2.24, 2.45) is 0 Å². The van der Waals surface area contributed by atoms with Gasteiger partial charge >= 0.3 is 5.97 Å². The number of aryl methyl sites for hydroxylation is 2. The summed E-state index contributed by atoms with van der Waals surface area (Å²) in [5, 5.41) is 0. The van der Waals surface area contributed by atoms with Crippen LogP contribution >= 0.6 is 0 Å². The highest BCUT2D eigenvalue weighted by Gasteiger charge is 2.17. The zero-order chi connectivity index (χ0) is 18.5. The molecular formula is C21H22O5. The number of hydrogen-bond acceptors (Lipinski definition) is 5. The fourth-order valence-corrected chi connectivity index (χ4v) is 3.11. The average Bonchev–Trinajstić information content (AvgIpc) is 3.14. The molecule has 0 amide bonds. The molecule has 5 heteroatoms. The second-order valence-corrected chi connectivity index (χ2v) is 6.14. The maximum Gasteiger partial charge on any atom is 0.338 e. The Morgan fingerprint density at radius 3 is 2.50 bits per heavy atom. The van der Waals surface area contributed by atoms with Gasteiger partial charge in [-0.15, -0.1) is 0 Å². The first kappa shape index (κ1) is 18.0. The first-order chi connectivity index (χ1) is 12.6. The molecule has 0 saturated heterocycles. The van der Waals surface area contributed by atoms with Gasteiger partial charge in [0.25, 0.3) is 0 Å². The predicted octanol–water partition coefficient (Wildman–Crippen LogP) is 3.62. The molecule has 2 aromatic carbocycles. The lowest BCUT2D eigenvalue weighted by molar-refractivity contribution is 0.0474. The molecule has 0 heterocycles. The Bertz CT molecular complexity index is 825. The third kappa shape index (κ3) is 3.87. The zero-order valence-corrected chi connectivity index (χ0v) is 15.0. The van der Waals surface area contributed by atoms with Gasteiger partial charge < -0.3 is 14.2 Å². The van der Waals surface area contributed by atoms with Gasteiger partial charge in [0.2, 0.25) is 0 Å². The molecule has 2 aromatic rings. The van der Waals surface area contributed by atoms with Crippen LogP contribution in [0.2, 0.25) is 0 Å². The summed E-state index contributed by atoms with van der Waals surface area (Å²) in [6.07, 6.45) is 3.20. The Kier molecular flexibility index (Phi) is 5.56. The largest absolute Gasteiger partial charge is 0.493 e. The molecular weight excluding hydrogens is 332 g/mol. The lowest BCUT2D eigenvalue weighted by Gasteiger charge is -2.11. The molecule has 0 saturated carbocycles. The van der Waals surface area contributed by atoms with Gasteiger partial charge in [-0.1, -0.05) is 12.1 Å². The molecule has 0 atom stereocenters. The SMILES string of the molecule is CCOc1ccc(C(=O)OCC(=O)c2ccc3c(c2)CCC3)cc1OC. The molecule has 0 unspecified atom stereocenters. The van der Waals surface area contributed by atoms with E-state index < -0.39 is 5.97 Å². The molecule has 3 rings (SSSR count). The quantitative estimate of drug-likeness (QED) is 0.561. The Morgan fingerprint density at radius 1 is 0.962 bits per heavy atom. The van der Waals surface area contributed by atoms with Crippen molar-refractivity contribution in [2.75, 3.05) is 20.3 Å². The highest BCUT2D eigenvalue weighted by Crippen LogP contribution is 2.28. The topological polar surface area (TPSA) is 61.8 Å². The number of esters is 1. The van der Waals surface area contributed by atoms with E-state index >= 15 is 0 Å². The first-order valence-electron chi connectivity index (χ1n) is 8.75. The van der Waals surface area contributed by atoms with E-state index in [1.165, 1.54) is 18.2 Å². The summed E-state index contributed by atoms with van der Waals surface area (Å²) in [7, 11) is 1.50. The van der Waals surface area contributed by atoms with Crippen LogP contribution in [0.5, 0.6) is 11.5 Å². The van der Waals surface area contributed by atoms with Crippen LogP contribution in [0.15, 0.2) is 36.4 Å². The number of ether oxygens (including phenoxy) is 3. The Balaban J connectivity index is 1.64. The van der Waals surface area contributed by atoms with Crippen LogP contribution in [0.1, 0.15) is 45.2 Å². The molecule has 5 nitrogen and oxygen atoms in total. The lowest BCUT2D eigenvalue weighted by Crippen LogP contribution is -2.14. The normalized spacial score (nSPS) is 12.4. The monoisotopic (exact) mass is 354 g/mol. The van der Waals surface area contributed by atoms with E-state index in [0.717, 1.165) is 19.3 Å². The molecule has 0 bridgehead atoms. The minimum Gasteiger partial charge on any atom is -0.493 e. The molecule has 0 spiro atoms. The number of fused-ring (bicyclic) bond motifs is 1. The third-order valence-electron chi connectivity index (χ3n) is 4.45. The van der Waals surface area contributed by atoms with Crippen LogP contribution in [0, 0.1) is 0 Å². The maximum atomic E-state index is 12.3. The summed E-state index contributed by atoms with van der Waals surface area (Å²) in [4.78, 5) is 24.6. The zero-order valence-electron chi connectivity index (χ0n) is 15.0. The molecule has 1 aliphatic carbocycles. The van der Waals surface area contributed by atoms with Gasteiger partial charge in [0.1, 0.15) is 0 Å². The fraction of sp³-hybridized carbons (Fsp3) is 0.333. The summed E-state index contributed by atoms with van der Waals surface area (Å²) < 4.78 is 15.8. The molecule has 0 fully saturated rings. The molecule has 0 N–H and O–H groups in total. The molecule has 0 aromatic heterocycles. The minimum absolute atomic E-state index is 0.203. The summed E-state index contributed by atoms with van der Waals surface area (Å²) in [5.41, 5.74) is 3.42. The molecule has 136 valence electrons. The van der Waals surface area contributed by atoms with E-state index in [1.54, 1.807) is 24.3 Å². The van der Waals surface area contributed by atoms with Gasteiger partial charge in [-0.2, -0.15) is 0 Å². The summed E-state index contributed by atoms with van der Waals surface area (Å²) in [6.45, 7) is 2.08. The van der Waals surface area contributed by atoms with Gasteiger partial charge in [0, 0.05) is 5.56 Å². The van der Waals surface area contributed by atoms with Crippen molar-refractivity contribution < 1.29 is 23.8 Å². The number of methoxy groups -OCH3 is 1. The van der Waals surface area contributed by atoms with E-state index in [4.69, 9.17) is 14.2 Å². The second-order valence-electron chi connectivity index (χ2n) is 6.14. The summed E-state index contributed by atoms with van der Waals surface area (Å²) in [5.74, 6) is 0.235. The van der Waals surface area contributed by atoms with Crippen LogP contribution in [-0.2, 0) is 17.6 Å². The van der Waals surface area contributed by atoms with Crippen molar-refractivity contribution in [2.45, 2.75) is 26.2 Å². The summed E-state index contributed by atoms with van der Waals surface area (Å²) in [6, 6.07) is 10.5. The Hall–Kier alpha value is -2.82. The molecule has 0 aliphatic heterocycles. The molecule has 1 aliphatic rings. The van der Waals surface area contributed by atoms with E-state index in [9.17, 15) is 9.59 Å². The summed E-state index contributed by atoms with van der Waals surface area (Å²) >= 11 is 0. The fourth-order valence-electron chi connectivity index (χ4n) is 3.11. The maximum absolute atomic E-state index is 12.3. The average molecular weight is 354 g/mol. The van der Waals surface area contributed by atoms with Crippen molar-refractivity contribution in [3.63, 3.8) is 0 Å². The highest BCUT2D eigenvalue weighted by molar-refractivity contribution is 5.99. The molecule has 0 radical (unpaired) electrons. The van der Waals surface area contributed by atoms with Crippen molar-refractivity contribution in [1.82, 2.24) is 0 Å². The van der Waals surface area contributed by atoms with Gasteiger partial charge in [0.15, 0.2) is 23.9 Å². The number of Topliss-reactive ketones (excluding diaryl/α,β-unsaturated/α-hetero) is 1. The number of benzene rings is 2. The number of rotatable bonds is 7. The number of carbonyl (C=O) groups is 2. The van der Waals surface area contributed by atoms with E-state index in [-0.39, 0.29) is 12.4 Å². The number of hydrogen-bond donors (Lipinski definition) is 0. The molecule has 26 heavy (non-hydrogen) atoms.